The van der Waals surface area contributed by atoms with Crippen molar-refractivity contribution in [3.05, 3.63) is 36.5 Å². The molecule has 0 N–H and O–H groups in total. The molecule has 0 heterocycles. The Balaban J connectivity index is 0.000000500. The molecule has 0 spiro atoms. The van der Waals surface area contributed by atoms with Gasteiger partial charge < -0.3 is 0 Å². The zero-order chi connectivity index (χ0) is 10.6. The summed E-state index contributed by atoms with van der Waals surface area (Å²) in [4.78, 5) is 0. The van der Waals surface area contributed by atoms with Gasteiger partial charge >= 0.3 is 0 Å². The third-order valence-corrected chi connectivity index (χ3v) is 1.42. The largest absolute Gasteiger partial charge is 0.103 e. The molecule has 0 saturated carbocycles. The molecule has 0 fully saturated rings. The fraction of sp³-hybridized carbons (Fsp3) is 0.429. The third kappa shape index (κ3) is 7.43. The van der Waals surface area contributed by atoms with Gasteiger partial charge in [-0.05, 0) is 0 Å². The molecule has 0 aliphatic heterocycles. The van der Waals surface area contributed by atoms with Gasteiger partial charge in [0.2, 0.25) is 0 Å². The van der Waals surface area contributed by atoms with E-state index in [4.69, 9.17) is 0 Å². The molecular weight excluding hydrogens is 168 g/mol. The van der Waals surface area contributed by atoms with Crippen molar-refractivity contribution in [1.82, 2.24) is 0 Å². The molecule has 0 radical (unpaired) electrons. The highest BCUT2D eigenvalue weighted by Crippen LogP contribution is 2.03. The van der Waals surface area contributed by atoms with Gasteiger partial charge in [0, 0.05) is 6.42 Å². The molecule has 0 atom stereocenters. The Kier molecular flexibility index (Phi) is 9.01. The summed E-state index contributed by atoms with van der Waals surface area (Å²) in [7, 11) is 0. The normalized spacial score (nSPS) is 13.6. The fourth-order valence-corrected chi connectivity index (χ4v) is 0.876. The van der Waals surface area contributed by atoms with E-state index in [1.165, 1.54) is 6.42 Å². The van der Waals surface area contributed by atoms with Crippen molar-refractivity contribution in [2.75, 3.05) is 0 Å². The molecule has 1 aliphatic rings. The van der Waals surface area contributed by atoms with Crippen LogP contribution in [0.2, 0.25) is 0 Å². The van der Waals surface area contributed by atoms with Gasteiger partial charge in [0.05, 0.1) is 5.92 Å². The lowest BCUT2D eigenvalue weighted by Gasteiger charge is -1.92. The minimum atomic E-state index is 0.310. The smallest absolute Gasteiger partial charge is 0.0569 e. The van der Waals surface area contributed by atoms with Crippen LogP contribution in [0.3, 0.4) is 0 Å². The average Bonchev–Trinajstić information content (AvgIpc) is 2.44. The highest BCUT2D eigenvalue weighted by atomic mass is 14.0. The summed E-state index contributed by atoms with van der Waals surface area (Å²) in [6, 6.07) is 0. The van der Waals surface area contributed by atoms with Crippen molar-refractivity contribution in [3.63, 3.8) is 0 Å². The summed E-state index contributed by atoms with van der Waals surface area (Å²) in [6.07, 6.45) is 14.5. The predicted molar refractivity (Wildman–Crippen MR) is 64.9 cm³/mol. The second kappa shape index (κ2) is 9.86. The lowest BCUT2D eigenvalue weighted by molar-refractivity contribution is 1.09. The van der Waals surface area contributed by atoms with Gasteiger partial charge in [0.1, 0.15) is 0 Å². The molecule has 14 heavy (non-hydrogen) atoms. The van der Waals surface area contributed by atoms with Crippen LogP contribution in [0.15, 0.2) is 36.5 Å². The van der Waals surface area contributed by atoms with E-state index in [1.54, 1.807) is 0 Å². The Labute approximate surface area is 88.4 Å². The number of hydrogen-bond acceptors (Lipinski definition) is 0. The third-order valence-electron chi connectivity index (χ3n) is 1.42. The van der Waals surface area contributed by atoms with Crippen molar-refractivity contribution >= 4 is 0 Å². The first kappa shape index (κ1) is 12.8. The van der Waals surface area contributed by atoms with E-state index in [2.05, 4.69) is 44.8 Å². The standard InChI is InChI=1S/C11H12.C3H8/c1-2-3-8-11-9-6-4-5-7-10-11;1-3-2/h4-7,9-11H,2H2,1H3;3H2,1-2H3. The van der Waals surface area contributed by atoms with Crippen LogP contribution >= 0.6 is 0 Å². The van der Waals surface area contributed by atoms with E-state index in [0.29, 0.717) is 5.92 Å². The Hall–Kier alpha value is -1.22. The van der Waals surface area contributed by atoms with Gasteiger partial charge in [-0.2, -0.15) is 0 Å². The van der Waals surface area contributed by atoms with E-state index >= 15 is 0 Å². The maximum absolute atomic E-state index is 3.15. The molecule has 1 rings (SSSR count). The van der Waals surface area contributed by atoms with E-state index in [1.807, 2.05) is 24.3 Å². The fourth-order valence-electron chi connectivity index (χ4n) is 0.876. The molecule has 0 heteroatoms. The Morgan fingerprint density at radius 1 is 0.929 bits per heavy atom. The van der Waals surface area contributed by atoms with Crippen molar-refractivity contribution in [2.24, 2.45) is 5.92 Å². The van der Waals surface area contributed by atoms with Crippen LogP contribution in [0.5, 0.6) is 0 Å². The molecule has 1 aliphatic carbocycles. The van der Waals surface area contributed by atoms with E-state index in [9.17, 15) is 0 Å². The molecule has 0 aromatic carbocycles. The number of hydrogen-bond donors (Lipinski definition) is 0. The number of rotatable bonds is 0. The summed E-state index contributed by atoms with van der Waals surface area (Å²) >= 11 is 0. The quantitative estimate of drug-likeness (QED) is 0.502. The topological polar surface area (TPSA) is 0 Å². The van der Waals surface area contributed by atoms with Crippen LogP contribution in [-0.4, -0.2) is 0 Å². The van der Waals surface area contributed by atoms with Crippen LogP contribution < -0.4 is 0 Å². The Morgan fingerprint density at radius 3 is 1.86 bits per heavy atom. The van der Waals surface area contributed by atoms with Crippen molar-refractivity contribution < 1.29 is 0 Å². The molecule has 0 bridgehead atoms. The minimum Gasteiger partial charge on any atom is -0.103 e. The monoisotopic (exact) mass is 188 g/mol. The van der Waals surface area contributed by atoms with Crippen LogP contribution in [-0.2, 0) is 0 Å². The first-order chi connectivity index (χ1) is 6.85. The highest BCUT2D eigenvalue weighted by Gasteiger charge is 1.92. The summed E-state index contributed by atoms with van der Waals surface area (Å²) in [5.41, 5.74) is 0. The molecule has 0 saturated heterocycles. The summed E-state index contributed by atoms with van der Waals surface area (Å²) in [5, 5.41) is 0. The van der Waals surface area contributed by atoms with Crippen LogP contribution in [0.4, 0.5) is 0 Å². The lowest BCUT2D eigenvalue weighted by Crippen LogP contribution is -1.83. The van der Waals surface area contributed by atoms with Crippen molar-refractivity contribution in [2.45, 2.75) is 33.6 Å². The summed E-state index contributed by atoms with van der Waals surface area (Å²) in [6.45, 7) is 6.31. The van der Waals surface area contributed by atoms with Gasteiger partial charge in [-0.25, -0.2) is 0 Å². The maximum atomic E-state index is 3.15. The van der Waals surface area contributed by atoms with Gasteiger partial charge in [0.25, 0.3) is 0 Å². The molecule has 0 aromatic rings. The van der Waals surface area contributed by atoms with Crippen LogP contribution in [0, 0.1) is 17.8 Å². The SMILES string of the molecule is CCC.CCC#CC1C=CC=CC=C1. The highest BCUT2D eigenvalue weighted by molar-refractivity contribution is 5.26. The second-order valence-corrected chi connectivity index (χ2v) is 3.06. The van der Waals surface area contributed by atoms with Crippen LogP contribution in [0.25, 0.3) is 0 Å². The van der Waals surface area contributed by atoms with Gasteiger partial charge in [0.15, 0.2) is 0 Å². The van der Waals surface area contributed by atoms with E-state index in [0.717, 1.165) is 6.42 Å². The predicted octanol–water partition coefficient (Wildman–Crippen LogP) is 4.11. The Morgan fingerprint density at radius 2 is 1.43 bits per heavy atom. The molecule has 0 nitrogen and oxygen atoms in total. The van der Waals surface area contributed by atoms with E-state index < -0.39 is 0 Å². The molecule has 0 unspecified atom stereocenters. The first-order valence-corrected chi connectivity index (χ1v) is 5.35. The molecule has 0 aromatic heterocycles. The van der Waals surface area contributed by atoms with Crippen molar-refractivity contribution in [3.8, 4) is 11.8 Å². The maximum Gasteiger partial charge on any atom is 0.0569 e. The zero-order valence-electron chi connectivity index (χ0n) is 9.46. The minimum absolute atomic E-state index is 0.310. The molecular formula is C14H20. The van der Waals surface area contributed by atoms with Gasteiger partial charge in [-0.3, -0.25) is 0 Å². The number of allylic oxidation sites excluding steroid dienone is 6. The van der Waals surface area contributed by atoms with Crippen molar-refractivity contribution in [1.29, 1.82) is 0 Å². The Bertz CT molecular complexity index is 239. The molecule has 76 valence electrons. The van der Waals surface area contributed by atoms with Crippen LogP contribution in [0.1, 0.15) is 33.6 Å². The summed E-state index contributed by atoms with van der Waals surface area (Å²) < 4.78 is 0. The van der Waals surface area contributed by atoms with Gasteiger partial charge in [-0.1, -0.05) is 69.6 Å². The molecule has 0 amide bonds. The summed E-state index contributed by atoms with van der Waals surface area (Å²) in [5.74, 6) is 6.52. The second-order valence-electron chi connectivity index (χ2n) is 3.06. The van der Waals surface area contributed by atoms with Gasteiger partial charge in [-0.15, -0.1) is 5.92 Å². The zero-order valence-corrected chi connectivity index (χ0v) is 9.46. The average molecular weight is 188 g/mol. The van der Waals surface area contributed by atoms with E-state index in [-0.39, 0.29) is 0 Å². The lowest BCUT2D eigenvalue weighted by atomic mass is 10.1. The first-order valence-electron chi connectivity index (χ1n) is 5.35.